The summed E-state index contributed by atoms with van der Waals surface area (Å²) in [5.41, 5.74) is 0.764. The number of fused-ring (bicyclic) bond motifs is 5. The molecule has 0 radical (unpaired) electrons. The van der Waals surface area contributed by atoms with Crippen LogP contribution in [0.4, 0.5) is 4.79 Å². The van der Waals surface area contributed by atoms with Crippen LogP contribution in [0.1, 0.15) is 227 Å². The van der Waals surface area contributed by atoms with Gasteiger partial charge < -0.3 is 14.4 Å². The molecule has 4 fully saturated rings. The Bertz CT molecular complexity index is 1010. The molecule has 4 aliphatic carbocycles. The van der Waals surface area contributed by atoms with Crippen LogP contribution >= 0.6 is 0 Å². The Morgan fingerprint density at radius 1 is 0.604 bits per heavy atom. The van der Waals surface area contributed by atoms with E-state index >= 15 is 0 Å². The second kappa shape index (κ2) is 23.7. The third-order valence-corrected chi connectivity index (χ3v) is 15.8. The van der Waals surface area contributed by atoms with Gasteiger partial charge in [-0.25, -0.2) is 4.79 Å². The molecule has 0 bridgehead atoms. The quantitative estimate of drug-likeness (QED) is 0.0654. The molecule has 0 N–H and O–H groups in total. The smallest absolute Gasteiger partial charge is 0.410 e. The predicted octanol–water partition coefficient (Wildman–Crippen LogP) is 14.2. The predicted molar refractivity (Wildman–Crippen MR) is 222 cm³/mol. The number of esters is 1. The van der Waals surface area contributed by atoms with E-state index in [0.717, 1.165) is 62.9 Å². The minimum absolute atomic E-state index is 0.0171. The van der Waals surface area contributed by atoms with Crippen molar-refractivity contribution in [2.24, 2.45) is 40.4 Å². The van der Waals surface area contributed by atoms with Gasteiger partial charge in [0.2, 0.25) is 0 Å². The minimum Gasteiger partial charge on any atom is -0.469 e. The zero-order chi connectivity index (χ0) is 37.9. The van der Waals surface area contributed by atoms with E-state index in [4.69, 9.17) is 9.47 Å². The Morgan fingerprint density at radius 2 is 1.11 bits per heavy atom. The molecule has 1 amide bonds. The fraction of sp³-hybridized carbons (Fsp3) is 0.958. The molecule has 4 saturated carbocycles. The number of rotatable bonds is 26. The Labute approximate surface area is 328 Å². The van der Waals surface area contributed by atoms with Crippen LogP contribution in [0.2, 0.25) is 0 Å². The molecule has 5 unspecified atom stereocenters. The summed E-state index contributed by atoms with van der Waals surface area (Å²) in [6.45, 7) is 11.5. The second-order valence-electron chi connectivity index (χ2n) is 19.2. The van der Waals surface area contributed by atoms with Gasteiger partial charge in [0.05, 0.1) is 7.11 Å². The number of carbonyl (C=O) groups excluding carboxylic acids is 2. The van der Waals surface area contributed by atoms with E-state index in [0.29, 0.717) is 29.1 Å². The lowest BCUT2D eigenvalue weighted by atomic mass is 9.44. The van der Waals surface area contributed by atoms with E-state index in [1.807, 2.05) is 0 Å². The van der Waals surface area contributed by atoms with Crippen LogP contribution in [-0.2, 0) is 14.3 Å². The van der Waals surface area contributed by atoms with Gasteiger partial charge in [0.1, 0.15) is 6.10 Å². The fourth-order valence-corrected chi connectivity index (χ4v) is 12.4. The van der Waals surface area contributed by atoms with Crippen molar-refractivity contribution in [2.45, 2.75) is 233 Å². The van der Waals surface area contributed by atoms with E-state index < -0.39 is 0 Å². The summed E-state index contributed by atoms with van der Waals surface area (Å²) in [5, 5.41) is 0. The Kier molecular flexibility index (Phi) is 19.9. The highest BCUT2D eigenvalue weighted by Crippen LogP contribution is 2.68. The zero-order valence-electron chi connectivity index (χ0n) is 35.9. The van der Waals surface area contributed by atoms with Gasteiger partial charge in [-0.05, 0) is 117 Å². The monoisotopic (exact) mass is 742 g/mol. The number of unbranched alkanes of at least 4 members (excludes halogenated alkanes) is 18. The van der Waals surface area contributed by atoms with Gasteiger partial charge in [-0.15, -0.1) is 0 Å². The maximum Gasteiger partial charge on any atom is 0.410 e. The highest BCUT2D eigenvalue weighted by Gasteiger charge is 2.60. The Hall–Kier alpha value is -1.26. The average Bonchev–Trinajstić information content (AvgIpc) is 3.50. The molecular weight excluding hydrogens is 655 g/mol. The standard InChI is InChI=1S/C48H87NO4/c1-6-8-10-12-14-16-18-20-22-24-36-49(37-25-23-21-19-17-15-13-11-9-7-2)46(51)53-41-32-34-48(4)40(38-41)26-29-42-43-30-27-39(28-31-45(50)52-5)47(43,3)35-33-44(42)48/h39-44H,6-38H2,1-5H3/t39?,40?,41-,42?,43?,44?,47-,48+/m1/s1. The molecule has 0 aromatic carbocycles. The number of nitrogens with zero attached hydrogens (tertiary/aromatic N) is 1. The summed E-state index contributed by atoms with van der Waals surface area (Å²) in [5.74, 6) is 3.74. The van der Waals surface area contributed by atoms with Gasteiger partial charge in [0.15, 0.2) is 0 Å². The SMILES string of the molecule is CCCCCCCCCCCCN(CCCCCCCCCCCC)C(=O)O[C@@H]1CC[C@@]2(C)C(CCC3C2CC[C@]2(C)C(CCC(=O)OC)CCC32)C1. The van der Waals surface area contributed by atoms with Gasteiger partial charge >= 0.3 is 12.1 Å². The lowest BCUT2D eigenvalue weighted by Gasteiger charge is -2.61. The highest BCUT2D eigenvalue weighted by atomic mass is 16.6. The largest absolute Gasteiger partial charge is 0.469 e. The fourth-order valence-electron chi connectivity index (χ4n) is 12.4. The van der Waals surface area contributed by atoms with E-state index in [1.165, 1.54) is 168 Å². The normalized spacial score (nSPS) is 30.7. The van der Waals surface area contributed by atoms with E-state index in [9.17, 15) is 9.59 Å². The maximum absolute atomic E-state index is 13.8. The Morgan fingerprint density at radius 3 is 1.66 bits per heavy atom. The van der Waals surface area contributed by atoms with Crippen molar-refractivity contribution in [3.05, 3.63) is 0 Å². The van der Waals surface area contributed by atoms with E-state index in [1.54, 1.807) is 0 Å². The van der Waals surface area contributed by atoms with Crippen molar-refractivity contribution in [2.75, 3.05) is 20.2 Å². The highest BCUT2D eigenvalue weighted by molar-refractivity contribution is 5.69. The first-order chi connectivity index (χ1) is 25.8. The number of methoxy groups -OCH3 is 1. The lowest BCUT2D eigenvalue weighted by Crippen LogP contribution is -2.54. The van der Waals surface area contributed by atoms with Crippen molar-refractivity contribution >= 4 is 12.1 Å². The first-order valence-electron chi connectivity index (χ1n) is 23.8. The van der Waals surface area contributed by atoms with Gasteiger partial charge in [0, 0.05) is 19.5 Å². The average molecular weight is 742 g/mol. The van der Waals surface area contributed by atoms with E-state index in [2.05, 4.69) is 32.6 Å². The Balaban J connectivity index is 1.23. The summed E-state index contributed by atoms with van der Waals surface area (Å²) in [4.78, 5) is 27.9. The molecule has 5 heteroatoms. The zero-order valence-corrected chi connectivity index (χ0v) is 35.9. The molecule has 4 rings (SSSR count). The second-order valence-corrected chi connectivity index (χ2v) is 19.2. The molecule has 0 aromatic rings. The van der Waals surface area contributed by atoms with Gasteiger partial charge in [-0.3, -0.25) is 4.79 Å². The molecule has 0 aromatic heterocycles. The number of ether oxygens (including phenoxy) is 2. The van der Waals surface area contributed by atoms with Gasteiger partial charge in [-0.1, -0.05) is 143 Å². The summed E-state index contributed by atoms with van der Waals surface area (Å²) >= 11 is 0. The van der Waals surface area contributed by atoms with Crippen LogP contribution in [0.15, 0.2) is 0 Å². The van der Waals surface area contributed by atoms with Crippen molar-refractivity contribution < 1.29 is 19.1 Å². The third kappa shape index (κ3) is 13.2. The summed E-state index contributed by atoms with van der Waals surface area (Å²) in [7, 11) is 1.52. The van der Waals surface area contributed by atoms with Crippen molar-refractivity contribution in [1.82, 2.24) is 4.90 Å². The molecule has 0 saturated heterocycles. The molecule has 8 atom stereocenters. The number of hydrogen-bond donors (Lipinski definition) is 0. The van der Waals surface area contributed by atoms with Crippen molar-refractivity contribution in [1.29, 1.82) is 0 Å². The van der Waals surface area contributed by atoms with Gasteiger partial charge in [0.25, 0.3) is 0 Å². The summed E-state index contributed by atoms with van der Waals surface area (Å²) in [6, 6.07) is 0. The molecule has 0 spiro atoms. The summed E-state index contributed by atoms with van der Waals surface area (Å²) in [6.07, 6.45) is 39.4. The van der Waals surface area contributed by atoms with Crippen LogP contribution in [0.25, 0.3) is 0 Å². The number of carbonyl (C=O) groups is 2. The number of hydrogen-bond acceptors (Lipinski definition) is 4. The molecule has 4 aliphatic rings. The van der Waals surface area contributed by atoms with E-state index in [-0.39, 0.29) is 18.2 Å². The summed E-state index contributed by atoms with van der Waals surface area (Å²) < 4.78 is 11.5. The molecule has 308 valence electrons. The van der Waals surface area contributed by atoms with Crippen molar-refractivity contribution in [3.8, 4) is 0 Å². The molecule has 53 heavy (non-hydrogen) atoms. The molecular formula is C48H87NO4. The molecule has 5 nitrogen and oxygen atoms in total. The minimum atomic E-state index is -0.0445. The molecule has 0 heterocycles. The lowest BCUT2D eigenvalue weighted by molar-refractivity contribution is -0.142. The number of amides is 1. The van der Waals surface area contributed by atoms with Crippen molar-refractivity contribution in [3.63, 3.8) is 0 Å². The van der Waals surface area contributed by atoms with Crippen LogP contribution < -0.4 is 0 Å². The molecule has 0 aliphatic heterocycles. The van der Waals surface area contributed by atoms with Crippen LogP contribution in [-0.4, -0.2) is 43.3 Å². The first-order valence-corrected chi connectivity index (χ1v) is 23.8. The first kappa shape index (κ1) is 44.5. The van der Waals surface area contributed by atoms with Gasteiger partial charge in [-0.2, -0.15) is 0 Å². The van der Waals surface area contributed by atoms with Crippen LogP contribution in [0, 0.1) is 40.4 Å². The topological polar surface area (TPSA) is 55.8 Å². The maximum atomic E-state index is 13.8. The third-order valence-electron chi connectivity index (χ3n) is 15.8. The van der Waals surface area contributed by atoms with Crippen LogP contribution in [0.3, 0.4) is 0 Å². The van der Waals surface area contributed by atoms with Crippen LogP contribution in [0.5, 0.6) is 0 Å².